The Morgan fingerprint density at radius 1 is 1.34 bits per heavy atom. The summed E-state index contributed by atoms with van der Waals surface area (Å²) >= 11 is 0. The van der Waals surface area contributed by atoms with Crippen LogP contribution < -0.4 is 10.1 Å². The summed E-state index contributed by atoms with van der Waals surface area (Å²) in [5.74, 6) is 1.46. The summed E-state index contributed by atoms with van der Waals surface area (Å²) in [6.45, 7) is 5.76. The maximum Gasteiger partial charge on any atom is 0.310 e. The van der Waals surface area contributed by atoms with Crippen molar-refractivity contribution in [2.24, 2.45) is 10.9 Å². The first-order valence-corrected chi connectivity index (χ1v) is 10.0. The minimum Gasteiger partial charge on any atom is -0.493 e. The number of nitrogens with one attached hydrogen (secondary N) is 1. The van der Waals surface area contributed by atoms with Crippen molar-refractivity contribution >= 4 is 35.9 Å². The molecule has 0 radical (unpaired) electrons. The highest BCUT2D eigenvalue weighted by molar-refractivity contribution is 14.0. The molecule has 1 unspecified atom stereocenters. The molecule has 1 aromatic carbocycles. The molecule has 1 heterocycles. The molecule has 8 heteroatoms. The fraction of sp³-hybridized carbons (Fsp3) is 0.619. The van der Waals surface area contributed by atoms with E-state index in [0.717, 1.165) is 43.1 Å². The minimum atomic E-state index is -0.110. The Kier molecular flexibility index (Phi) is 12.7. The first kappa shape index (κ1) is 25.5. The number of hydrogen-bond acceptors (Lipinski definition) is 5. The molecule has 164 valence electrons. The Bertz CT molecular complexity index is 642. The summed E-state index contributed by atoms with van der Waals surface area (Å²) in [4.78, 5) is 18.6. The van der Waals surface area contributed by atoms with Crippen molar-refractivity contribution in [3.8, 4) is 5.75 Å². The van der Waals surface area contributed by atoms with Crippen LogP contribution in [0.25, 0.3) is 0 Å². The van der Waals surface area contributed by atoms with Crippen LogP contribution in [0.5, 0.6) is 5.75 Å². The molecule has 1 saturated heterocycles. The summed E-state index contributed by atoms with van der Waals surface area (Å²) in [6, 6.07) is 8.04. The summed E-state index contributed by atoms with van der Waals surface area (Å²) < 4.78 is 16.0. The second-order valence-corrected chi connectivity index (χ2v) is 6.78. The van der Waals surface area contributed by atoms with E-state index in [-0.39, 0.29) is 35.9 Å². The van der Waals surface area contributed by atoms with Crippen molar-refractivity contribution in [3.05, 3.63) is 29.8 Å². The van der Waals surface area contributed by atoms with Crippen LogP contribution in [0.15, 0.2) is 29.3 Å². The highest BCUT2D eigenvalue weighted by atomic mass is 127. The summed E-state index contributed by atoms with van der Waals surface area (Å²) in [5, 5.41) is 3.40. The maximum atomic E-state index is 12.1. The number of aliphatic imine (C=N–C) groups is 1. The largest absolute Gasteiger partial charge is 0.493 e. The van der Waals surface area contributed by atoms with Crippen LogP contribution in [-0.2, 0) is 20.8 Å². The van der Waals surface area contributed by atoms with Gasteiger partial charge in [0.2, 0.25) is 0 Å². The van der Waals surface area contributed by atoms with Crippen molar-refractivity contribution in [2.75, 3.05) is 47.1 Å². The molecule has 1 aliphatic heterocycles. The molecule has 0 spiro atoms. The van der Waals surface area contributed by atoms with E-state index in [1.54, 1.807) is 14.2 Å². The lowest BCUT2D eigenvalue weighted by atomic mass is 9.98. The van der Waals surface area contributed by atoms with Crippen LogP contribution in [0.1, 0.15) is 31.7 Å². The van der Waals surface area contributed by atoms with Gasteiger partial charge >= 0.3 is 5.97 Å². The van der Waals surface area contributed by atoms with Crippen molar-refractivity contribution < 1.29 is 19.0 Å². The van der Waals surface area contributed by atoms with E-state index in [1.165, 1.54) is 0 Å². The van der Waals surface area contributed by atoms with E-state index in [9.17, 15) is 4.79 Å². The minimum absolute atomic E-state index is 0. The van der Waals surface area contributed by atoms with Crippen LogP contribution in [-0.4, -0.2) is 63.9 Å². The van der Waals surface area contributed by atoms with Gasteiger partial charge in [0.1, 0.15) is 5.75 Å². The van der Waals surface area contributed by atoms with Crippen molar-refractivity contribution in [1.82, 2.24) is 10.2 Å². The second-order valence-electron chi connectivity index (χ2n) is 6.78. The normalized spacial score (nSPS) is 16.7. The average molecular weight is 519 g/mol. The maximum absolute atomic E-state index is 12.1. The van der Waals surface area contributed by atoms with Gasteiger partial charge in [-0.2, -0.15) is 0 Å². The van der Waals surface area contributed by atoms with Gasteiger partial charge in [0.25, 0.3) is 0 Å². The van der Waals surface area contributed by atoms with Crippen LogP contribution >= 0.6 is 24.0 Å². The number of likely N-dealkylation sites (tertiary alicyclic amines) is 1. The number of esters is 1. The number of carbonyl (C=O) groups excluding carboxylic acids is 1. The number of guanidine groups is 1. The van der Waals surface area contributed by atoms with Crippen LogP contribution in [0.3, 0.4) is 0 Å². The molecule has 1 atom stereocenters. The molecule has 0 aromatic heterocycles. The van der Waals surface area contributed by atoms with Crippen molar-refractivity contribution in [1.29, 1.82) is 0 Å². The number of benzene rings is 1. The molecule has 1 fully saturated rings. The van der Waals surface area contributed by atoms with Crippen molar-refractivity contribution in [2.45, 2.75) is 32.7 Å². The summed E-state index contributed by atoms with van der Waals surface area (Å²) in [5.41, 5.74) is 1.12. The van der Waals surface area contributed by atoms with Gasteiger partial charge in [0, 0.05) is 46.8 Å². The van der Waals surface area contributed by atoms with Gasteiger partial charge in [0.05, 0.1) is 19.1 Å². The number of halogens is 1. The quantitative estimate of drug-likeness (QED) is 0.178. The molecule has 7 nitrogen and oxygen atoms in total. The first-order valence-electron chi connectivity index (χ1n) is 10.0. The van der Waals surface area contributed by atoms with E-state index < -0.39 is 0 Å². The van der Waals surface area contributed by atoms with E-state index in [0.29, 0.717) is 32.9 Å². The van der Waals surface area contributed by atoms with Crippen LogP contribution in [0.4, 0.5) is 0 Å². The van der Waals surface area contributed by atoms with Gasteiger partial charge in [-0.15, -0.1) is 24.0 Å². The zero-order valence-corrected chi connectivity index (χ0v) is 20.0. The molecule has 2 rings (SSSR count). The van der Waals surface area contributed by atoms with Gasteiger partial charge in [-0.3, -0.25) is 9.79 Å². The molecule has 1 aromatic rings. The molecule has 29 heavy (non-hydrogen) atoms. The second kappa shape index (κ2) is 14.4. The van der Waals surface area contributed by atoms with E-state index >= 15 is 0 Å². The lowest BCUT2D eigenvalue weighted by molar-refractivity contribution is -0.149. The smallest absolute Gasteiger partial charge is 0.310 e. The van der Waals surface area contributed by atoms with E-state index in [2.05, 4.69) is 21.3 Å². The Labute approximate surface area is 191 Å². The number of rotatable bonds is 9. The zero-order valence-electron chi connectivity index (χ0n) is 17.7. The Morgan fingerprint density at radius 3 is 2.90 bits per heavy atom. The van der Waals surface area contributed by atoms with Gasteiger partial charge in [-0.1, -0.05) is 12.1 Å². The Hall–Kier alpha value is -1.55. The molecule has 1 aliphatic rings. The molecule has 0 aliphatic carbocycles. The molecule has 0 amide bonds. The van der Waals surface area contributed by atoms with E-state index in [1.807, 2.05) is 25.1 Å². The summed E-state index contributed by atoms with van der Waals surface area (Å²) in [7, 11) is 3.46. The van der Waals surface area contributed by atoms with Gasteiger partial charge in [0.15, 0.2) is 5.96 Å². The van der Waals surface area contributed by atoms with E-state index in [4.69, 9.17) is 14.2 Å². The average Bonchev–Trinajstić information content (AvgIpc) is 2.72. The fourth-order valence-electron chi connectivity index (χ4n) is 3.27. The van der Waals surface area contributed by atoms with Gasteiger partial charge in [-0.25, -0.2) is 0 Å². The lowest BCUT2D eigenvalue weighted by Crippen LogP contribution is -2.48. The molecular weight excluding hydrogens is 485 g/mol. The fourth-order valence-corrected chi connectivity index (χ4v) is 3.27. The zero-order chi connectivity index (χ0) is 20.2. The lowest BCUT2D eigenvalue weighted by Gasteiger charge is -2.34. The SMILES string of the molecule is CCOC(=O)C1CCCN(C(=NC)NCc2cccc(OCCCOC)c2)C1.I. The Balaban J connectivity index is 0.00000420. The third-order valence-electron chi connectivity index (χ3n) is 4.66. The molecular formula is C21H34IN3O4. The van der Waals surface area contributed by atoms with Crippen molar-refractivity contribution in [3.63, 3.8) is 0 Å². The summed E-state index contributed by atoms with van der Waals surface area (Å²) in [6.07, 6.45) is 2.69. The predicted molar refractivity (Wildman–Crippen MR) is 125 cm³/mol. The number of hydrogen-bond donors (Lipinski definition) is 1. The predicted octanol–water partition coefficient (Wildman–Crippen LogP) is 3.07. The van der Waals surface area contributed by atoms with Crippen LogP contribution in [0.2, 0.25) is 0 Å². The third kappa shape index (κ3) is 8.77. The highest BCUT2D eigenvalue weighted by Crippen LogP contribution is 2.18. The number of carbonyl (C=O) groups is 1. The number of nitrogens with zero attached hydrogens (tertiary/aromatic N) is 2. The third-order valence-corrected chi connectivity index (χ3v) is 4.66. The number of methoxy groups -OCH3 is 1. The molecule has 0 bridgehead atoms. The Morgan fingerprint density at radius 2 is 2.17 bits per heavy atom. The van der Waals surface area contributed by atoms with Gasteiger partial charge < -0.3 is 24.4 Å². The standard InChI is InChI=1S/C21H33N3O4.HI/c1-4-27-20(25)18-9-6-11-24(16-18)21(22-2)23-15-17-8-5-10-19(14-17)28-13-7-12-26-3;/h5,8,10,14,18H,4,6-7,9,11-13,15-16H2,1-3H3,(H,22,23);1H. The van der Waals surface area contributed by atoms with Gasteiger partial charge in [-0.05, 0) is 37.5 Å². The highest BCUT2D eigenvalue weighted by Gasteiger charge is 2.28. The first-order chi connectivity index (χ1) is 13.7. The molecule has 0 saturated carbocycles. The monoisotopic (exact) mass is 519 g/mol. The topological polar surface area (TPSA) is 72.4 Å². The number of ether oxygens (including phenoxy) is 3. The molecule has 1 N–H and O–H groups in total. The number of piperidine rings is 1. The van der Waals surface area contributed by atoms with Crippen LogP contribution in [0, 0.1) is 5.92 Å².